The van der Waals surface area contributed by atoms with Crippen molar-refractivity contribution in [2.24, 2.45) is 0 Å². The molecule has 2 aromatic rings. The molecule has 1 fully saturated rings. The van der Waals surface area contributed by atoms with Crippen molar-refractivity contribution in [3.63, 3.8) is 0 Å². The smallest absolute Gasteiger partial charge is 0.234 e. The molecule has 1 N–H and O–H groups in total. The first kappa shape index (κ1) is 20.1. The summed E-state index contributed by atoms with van der Waals surface area (Å²) in [6.07, 6.45) is 0. The molecule has 146 valence electrons. The number of benzene rings is 2. The van der Waals surface area contributed by atoms with Gasteiger partial charge in [0, 0.05) is 38.8 Å². The minimum Gasteiger partial charge on any atom is -0.353 e. The third kappa shape index (κ3) is 5.41. The van der Waals surface area contributed by atoms with Gasteiger partial charge in [-0.1, -0.05) is 42.5 Å². The molecule has 28 heavy (non-hydrogen) atoms. The summed E-state index contributed by atoms with van der Waals surface area (Å²) in [6.45, 7) is 9.13. The molecular weight excluding hydrogens is 348 g/mol. The summed E-state index contributed by atoms with van der Waals surface area (Å²) < 4.78 is 0. The number of nitriles is 1. The van der Waals surface area contributed by atoms with E-state index in [0.29, 0.717) is 12.1 Å². The number of nitrogens with zero attached hydrogens (tertiary/aromatic N) is 3. The number of hydrogen-bond donors (Lipinski definition) is 1. The molecule has 0 spiro atoms. The number of nitrogens with one attached hydrogen (secondary N) is 1. The minimum absolute atomic E-state index is 0.108. The highest BCUT2D eigenvalue weighted by atomic mass is 16.2. The third-order valence-electron chi connectivity index (χ3n) is 5.00. The fourth-order valence-corrected chi connectivity index (χ4v) is 3.56. The van der Waals surface area contributed by atoms with Crippen LogP contribution in [0.4, 0.5) is 0 Å². The van der Waals surface area contributed by atoms with E-state index in [1.54, 1.807) is 0 Å². The predicted molar refractivity (Wildman–Crippen MR) is 112 cm³/mol. The summed E-state index contributed by atoms with van der Waals surface area (Å²) in [7, 11) is 0. The molecule has 0 atom stereocenters. The van der Waals surface area contributed by atoms with E-state index in [0.717, 1.165) is 43.9 Å². The van der Waals surface area contributed by atoms with Crippen LogP contribution in [0, 0.1) is 11.3 Å². The number of carbonyl (C=O) groups is 1. The van der Waals surface area contributed by atoms with Crippen molar-refractivity contribution in [2.45, 2.75) is 26.4 Å². The van der Waals surface area contributed by atoms with E-state index in [-0.39, 0.29) is 11.9 Å². The highest BCUT2D eigenvalue weighted by molar-refractivity contribution is 5.78. The molecule has 3 rings (SSSR count). The van der Waals surface area contributed by atoms with Gasteiger partial charge in [0.2, 0.25) is 5.91 Å². The van der Waals surface area contributed by atoms with Crippen molar-refractivity contribution in [2.75, 3.05) is 32.7 Å². The lowest BCUT2D eigenvalue weighted by atomic mass is 9.99. The second-order valence-electron chi connectivity index (χ2n) is 7.63. The maximum Gasteiger partial charge on any atom is 0.234 e. The predicted octanol–water partition coefficient (Wildman–Crippen LogP) is 2.87. The van der Waals surface area contributed by atoms with Crippen LogP contribution in [0.25, 0.3) is 11.1 Å². The maximum atomic E-state index is 11.9. The molecule has 1 aliphatic heterocycles. The van der Waals surface area contributed by atoms with Crippen LogP contribution in [0.5, 0.6) is 0 Å². The van der Waals surface area contributed by atoms with Crippen LogP contribution in [-0.4, -0.2) is 54.5 Å². The van der Waals surface area contributed by atoms with Gasteiger partial charge in [-0.15, -0.1) is 0 Å². The first-order valence-electron chi connectivity index (χ1n) is 9.87. The molecule has 5 heteroatoms. The van der Waals surface area contributed by atoms with Crippen molar-refractivity contribution in [3.05, 3.63) is 59.7 Å². The number of carbonyl (C=O) groups excluding carboxylic acids is 1. The van der Waals surface area contributed by atoms with E-state index in [4.69, 9.17) is 0 Å². The van der Waals surface area contributed by atoms with Gasteiger partial charge in [-0.2, -0.15) is 5.26 Å². The Morgan fingerprint density at radius 2 is 1.68 bits per heavy atom. The van der Waals surface area contributed by atoms with Crippen LogP contribution in [0.3, 0.4) is 0 Å². The molecule has 0 bridgehead atoms. The Hall–Kier alpha value is -2.68. The lowest BCUT2D eigenvalue weighted by molar-refractivity contribution is -0.123. The second kappa shape index (κ2) is 9.50. The van der Waals surface area contributed by atoms with Crippen LogP contribution in [-0.2, 0) is 11.3 Å². The normalized spacial score (nSPS) is 15.4. The molecule has 0 saturated carbocycles. The van der Waals surface area contributed by atoms with Crippen molar-refractivity contribution in [3.8, 4) is 17.2 Å². The first-order valence-corrected chi connectivity index (χ1v) is 9.87. The zero-order valence-electron chi connectivity index (χ0n) is 16.7. The van der Waals surface area contributed by atoms with Gasteiger partial charge in [-0.05, 0) is 36.6 Å². The number of hydrogen-bond acceptors (Lipinski definition) is 4. The van der Waals surface area contributed by atoms with E-state index in [9.17, 15) is 10.1 Å². The van der Waals surface area contributed by atoms with Crippen molar-refractivity contribution in [1.29, 1.82) is 5.26 Å². The van der Waals surface area contributed by atoms with Crippen LogP contribution in [0.2, 0.25) is 0 Å². The molecule has 1 saturated heterocycles. The molecule has 1 aliphatic rings. The molecule has 1 heterocycles. The van der Waals surface area contributed by atoms with Gasteiger partial charge in [0.25, 0.3) is 0 Å². The highest BCUT2D eigenvalue weighted by Crippen LogP contribution is 2.24. The second-order valence-corrected chi connectivity index (χ2v) is 7.63. The van der Waals surface area contributed by atoms with E-state index in [1.807, 2.05) is 38.1 Å². The molecule has 5 nitrogen and oxygen atoms in total. The Morgan fingerprint density at radius 3 is 2.32 bits per heavy atom. The molecular formula is C23H28N4O. The average Bonchev–Trinajstić information content (AvgIpc) is 2.69. The van der Waals surface area contributed by atoms with Crippen molar-refractivity contribution >= 4 is 5.91 Å². The number of piperazine rings is 1. The van der Waals surface area contributed by atoms with Crippen molar-refractivity contribution in [1.82, 2.24) is 15.1 Å². The van der Waals surface area contributed by atoms with Gasteiger partial charge in [-0.3, -0.25) is 14.6 Å². The van der Waals surface area contributed by atoms with Gasteiger partial charge in [0.05, 0.1) is 18.2 Å². The van der Waals surface area contributed by atoms with E-state index < -0.39 is 0 Å². The van der Waals surface area contributed by atoms with Gasteiger partial charge in [0.15, 0.2) is 0 Å². The Morgan fingerprint density at radius 1 is 1.04 bits per heavy atom. The van der Waals surface area contributed by atoms with Crippen LogP contribution >= 0.6 is 0 Å². The molecule has 2 aromatic carbocycles. The third-order valence-corrected chi connectivity index (χ3v) is 5.00. The minimum atomic E-state index is 0.108. The molecule has 1 amide bonds. The van der Waals surface area contributed by atoms with Gasteiger partial charge in [0.1, 0.15) is 0 Å². The highest BCUT2D eigenvalue weighted by Gasteiger charge is 2.19. The monoisotopic (exact) mass is 376 g/mol. The summed E-state index contributed by atoms with van der Waals surface area (Å²) in [6, 6.07) is 18.6. The van der Waals surface area contributed by atoms with Crippen LogP contribution in [0.1, 0.15) is 25.0 Å². The van der Waals surface area contributed by atoms with Crippen LogP contribution in [0.15, 0.2) is 48.5 Å². The first-order chi connectivity index (χ1) is 13.5. The topological polar surface area (TPSA) is 59.4 Å². The molecule has 0 aromatic heterocycles. The summed E-state index contributed by atoms with van der Waals surface area (Å²) in [5, 5.41) is 12.2. The molecule has 0 radical (unpaired) electrons. The Kier molecular flexibility index (Phi) is 6.80. The summed E-state index contributed by atoms with van der Waals surface area (Å²) >= 11 is 0. The standard InChI is InChI=1S/C23H28N4O/c1-18(2)25-23(28)17-27-13-11-26(12-14-27)16-19-7-9-20(10-8-19)22-6-4-3-5-21(22)15-24/h3-10,18H,11-14,16-17H2,1-2H3,(H,25,28). The van der Waals surface area contributed by atoms with Crippen LogP contribution < -0.4 is 5.32 Å². The summed E-state index contributed by atoms with van der Waals surface area (Å²) in [5.41, 5.74) is 4.02. The van der Waals surface area contributed by atoms with Gasteiger partial charge >= 0.3 is 0 Å². The lowest BCUT2D eigenvalue weighted by Gasteiger charge is -2.34. The van der Waals surface area contributed by atoms with Gasteiger partial charge < -0.3 is 5.32 Å². The van der Waals surface area contributed by atoms with E-state index >= 15 is 0 Å². The summed E-state index contributed by atoms with van der Waals surface area (Å²) in [4.78, 5) is 16.5. The summed E-state index contributed by atoms with van der Waals surface area (Å²) in [5.74, 6) is 0.108. The quantitative estimate of drug-likeness (QED) is 0.842. The number of rotatable bonds is 6. The zero-order chi connectivity index (χ0) is 19.9. The van der Waals surface area contributed by atoms with E-state index in [2.05, 4.69) is 45.5 Å². The Labute approximate surface area is 167 Å². The maximum absolute atomic E-state index is 11.9. The SMILES string of the molecule is CC(C)NC(=O)CN1CCN(Cc2ccc(-c3ccccc3C#N)cc2)CC1. The zero-order valence-corrected chi connectivity index (χ0v) is 16.7. The number of amides is 1. The largest absolute Gasteiger partial charge is 0.353 e. The fraction of sp³-hybridized carbons (Fsp3) is 0.391. The lowest BCUT2D eigenvalue weighted by Crippen LogP contribution is -2.49. The van der Waals surface area contributed by atoms with Crippen molar-refractivity contribution < 1.29 is 4.79 Å². The molecule has 0 unspecified atom stereocenters. The van der Waals surface area contributed by atoms with Gasteiger partial charge in [-0.25, -0.2) is 0 Å². The Balaban J connectivity index is 1.52. The molecule has 0 aliphatic carbocycles. The Bertz CT molecular complexity index is 830. The fourth-order valence-electron chi connectivity index (χ4n) is 3.56. The average molecular weight is 377 g/mol. The van der Waals surface area contributed by atoms with E-state index in [1.165, 1.54) is 5.56 Å².